The van der Waals surface area contributed by atoms with Gasteiger partial charge in [0.2, 0.25) is 0 Å². The first-order chi connectivity index (χ1) is 13.7. The number of aromatic nitrogens is 6. The molecule has 4 rings (SSSR count). The van der Waals surface area contributed by atoms with E-state index in [0.29, 0.717) is 17.5 Å². The Bertz CT molecular complexity index is 1200. The molecule has 0 aliphatic rings. The Morgan fingerprint density at radius 3 is 2.59 bits per heavy atom. The maximum Gasteiger partial charge on any atom is 0.435 e. The topological polar surface area (TPSA) is 70.1 Å². The van der Waals surface area contributed by atoms with Crippen molar-refractivity contribution in [1.29, 1.82) is 0 Å². The Hall–Kier alpha value is -3.50. The van der Waals surface area contributed by atoms with E-state index in [1.165, 1.54) is 24.4 Å². The van der Waals surface area contributed by atoms with E-state index < -0.39 is 17.7 Å². The van der Waals surface area contributed by atoms with E-state index in [4.69, 9.17) is 4.74 Å². The second-order valence-corrected chi connectivity index (χ2v) is 6.30. The van der Waals surface area contributed by atoms with Gasteiger partial charge in [0.1, 0.15) is 18.2 Å². The molecular weight excluding hydrogens is 392 g/mol. The van der Waals surface area contributed by atoms with Crippen LogP contribution in [0.2, 0.25) is 0 Å². The lowest BCUT2D eigenvalue weighted by atomic mass is 10.1. The van der Waals surface area contributed by atoms with Crippen LogP contribution in [0.15, 0.2) is 36.8 Å². The van der Waals surface area contributed by atoms with Crippen LogP contribution < -0.4 is 4.74 Å². The quantitative estimate of drug-likeness (QED) is 0.485. The van der Waals surface area contributed by atoms with Crippen LogP contribution >= 0.6 is 0 Å². The SMILES string of the molecule is Cc1c(COc2cc(F)ccc2-c2cnc3nc(C(F)(F)F)cnn23)cnn1C. The number of fused-ring (bicyclic) bond motifs is 1. The highest BCUT2D eigenvalue weighted by Crippen LogP contribution is 2.32. The zero-order valence-corrected chi connectivity index (χ0v) is 15.3. The number of hydrogen-bond acceptors (Lipinski definition) is 5. The molecule has 0 bridgehead atoms. The molecule has 3 heterocycles. The smallest absolute Gasteiger partial charge is 0.435 e. The summed E-state index contributed by atoms with van der Waals surface area (Å²) in [4.78, 5) is 7.38. The van der Waals surface area contributed by atoms with Crippen molar-refractivity contribution in [3.05, 3.63) is 59.6 Å². The Labute approximate surface area is 161 Å². The van der Waals surface area contributed by atoms with E-state index in [-0.39, 0.29) is 18.1 Å². The predicted molar refractivity (Wildman–Crippen MR) is 93.5 cm³/mol. The number of nitrogens with zero attached hydrogens (tertiary/aromatic N) is 6. The molecule has 150 valence electrons. The molecule has 11 heteroatoms. The fourth-order valence-corrected chi connectivity index (χ4v) is 2.76. The van der Waals surface area contributed by atoms with Gasteiger partial charge in [-0.05, 0) is 19.1 Å². The lowest BCUT2D eigenvalue weighted by molar-refractivity contribution is -0.141. The Morgan fingerprint density at radius 1 is 1.10 bits per heavy atom. The van der Waals surface area contributed by atoms with Crippen molar-refractivity contribution in [2.24, 2.45) is 7.05 Å². The number of halogens is 4. The number of aryl methyl sites for hydroxylation is 1. The van der Waals surface area contributed by atoms with Gasteiger partial charge in [0.15, 0.2) is 5.69 Å². The van der Waals surface area contributed by atoms with E-state index >= 15 is 0 Å². The lowest BCUT2D eigenvalue weighted by Crippen LogP contribution is -2.11. The van der Waals surface area contributed by atoms with Crippen molar-refractivity contribution in [3.63, 3.8) is 0 Å². The Morgan fingerprint density at radius 2 is 1.90 bits per heavy atom. The number of alkyl halides is 3. The Kier molecular flexibility index (Phi) is 4.44. The number of hydrogen-bond donors (Lipinski definition) is 0. The second-order valence-electron chi connectivity index (χ2n) is 6.30. The molecule has 0 aliphatic carbocycles. The first-order valence-electron chi connectivity index (χ1n) is 8.42. The van der Waals surface area contributed by atoms with Crippen LogP contribution in [-0.2, 0) is 19.8 Å². The molecule has 0 amide bonds. The zero-order chi connectivity index (χ0) is 20.8. The van der Waals surface area contributed by atoms with Gasteiger partial charge in [-0.25, -0.2) is 14.4 Å². The third kappa shape index (κ3) is 3.50. The minimum absolute atomic E-state index is 0.136. The Balaban J connectivity index is 1.72. The molecule has 4 aromatic rings. The third-order valence-electron chi connectivity index (χ3n) is 4.47. The fraction of sp³-hybridized carbons (Fsp3) is 0.222. The molecule has 0 unspecified atom stereocenters. The summed E-state index contributed by atoms with van der Waals surface area (Å²) < 4.78 is 61.0. The average Bonchev–Trinajstić information content (AvgIpc) is 3.23. The molecule has 0 saturated heterocycles. The van der Waals surface area contributed by atoms with Gasteiger partial charge in [0, 0.05) is 29.9 Å². The minimum Gasteiger partial charge on any atom is -0.488 e. The summed E-state index contributed by atoms with van der Waals surface area (Å²) in [5.74, 6) is -0.559. The first kappa shape index (κ1) is 18.8. The molecule has 7 nitrogen and oxygen atoms in total. The molecule has 1 aromatic carbocycles. The van der Waals surface area contributed by atoms with E-state index in [2.05, 4.69) is 20.2 Å². The molecule has 0 atom stereocenters. The van der Waals surface area contributed by atoms with Crippen molar-refractivity contribution in [3.8, 4) is 17.0 Å². The van der Waals surface area contributed by atoms with Gasteiger partial charge in [-0.1, -0.05) is 0 Å². The average molecular weight is 406 g/mol. The fourth-order valence-electron chi connectivity index (χ4n) is 2.76. The summed E-state index contributed by atoms with van der Waals surface area (Å²) in [6.07, 6.45) is -1.06. The van der Waals surface area contributed by atoms with Crippen molar-refractivity contribution in [1.82, 2.24) is 29.4 Å². The number of ether oxygens (including phenoxy) is 1. The second kappa shape index (κ2) is 6.83. The maximum absolute atomic E-state index is 13.8. The summed E-state index contributed by atoms with van der Waals surface area (Å²) in [7, 11) is 1.79. The molecule has 0 saturated carbocycles. The van der Waals surface area contributed by atoms with Crippen LogP contribution in [0.25, 0.3) is 17.0 Å². The standard InChI is InChI=1S/C18H14F4N6O/c1-10-11(6-24-27(10)2)9-29-15-5-12(19)3-4-13(15)14-7-23-17-26-16(18(20,21)22)8-25-28(14)17/h3-8H,9H2,1-2H3. The molecule has 29 heavy (non-hydrogen) atoms. The molecule has 0 spiro atoms. The van der Waals surface area contributed by atoms with Crippen LogP contribution in [-0.4, -0.2) is 29.4 Å². The van der Waals surface area contributed by atoms with Crippen LogP contribution in [0.1, 0.15) is 17.0 Å². The summed E-state index contributed by atoms with van der Waals surface area (Å²) in [6, 6.07) is 3.86. The van der Waals surface area contributed by atoms with Gasteiger partial charge in [0.05, 0.1) is 24.3 Å². The minimum atomic E-state index is -4.63. The number of benzene rings is 1. The van der Waals surface area contributed by atoms with Gasteiger partial charge < -0.3 is 4.74 Å². The van der Waals surface area contributed by atoms with E-state index in [0.717, 1.165) is 15.8 Å². The highest BCUT2D eigenvalue weighted by molar-refractivity contribution is 5.69. The van der Waals surface area contributed by atoms with E-state index in [1.807, 2.05) is 6.92 Å². The largest absolute Gasteiger partial charge is 0.488 e. The highest BCUT2D eigenvalue weighted by atomic mass is 19.4. The summed E-state index contributed by atoms with van der Waals surface area (Å²) in [6.45, 7) is 2.01. The summed E-state index contributed by atoms with van der Waals surface area (Å²) in [5, 5.41) is 7.92. The maximum atomic E-state index is 13.8. The lowest BCUT2D eigenvalue weighted by Gasteiger charge is -2.11. The van der Waals surface area contributed by atoms with Gasteiger partial charge in [-0.2, -0.15) is 27.9 Å². The first-order valence-corrected chi connectivity index (χ1v) is 8.42. The van der Waals surface area contributed by atoms with E-state index in [1.54, 1.807) is 17.9 Å². The van der Waals surface area contributed by atoms with Crippen molar-refractivity contribution in [2.45, 2.75) is 19.7 Å². The normalized spacial score (nSPS) is 11.9. The van der Waals surface area contributed by atoms with Crippen LogP contribution in [0, 0.1) is 12.7 Å². The molecular formula is C18H14F4N6O. The molecule has 0 radical (unpaired) electrons. The van der Waals surface area contributed by atoms with Crippen LogP contribution in [0.3, 0.4) is 0 Å². The molecule has 0 N–H and O–H groups in total. The van der Waals surface area contributed by atoms with Crippen molar-refractivity contribution < 1.29 is 22.3 Å². The molecule has 0 aliphatic heterocycles. The summed E-state index contributed by atoms with van der Waals surface area (Å²) >= 11 is 0. The van der Waals surface area contributed by atoms with Crippen LogP contribution in [0.4, 0.5) is 17.6 Å². The molecule has 0 fully saturated rings. The van der Waals surface area contributed by atoms with Gasteiger partial charge in [-0.3, -0.25) is 4.68 Å². The zero-order valence-electron chi connectivity index (χ0n) is 15.3. The van der Waals surface area contributed by atoms with E-state index in [9.17, 15) is 17.6 Å². The van der Waals surface area contributed by atoms with Crippen molar-refractivity contribution >= 4 is 5.78 Å². The predicted octanol–water partition coefficient (Wildman–Crippen LogP) is 3.57. The van der Waals surface area contributed by atoms with Crippen LogP contribution in [0.5, 0.6) is 5.75 Å². The van der Waals surface area contributed by atoms with Crippen molar-refractivity contribution in [2.75, 3.05) is 0 Å². The van der Waals surface area contributed by atoms with Gasteiger partial charge in [-0.15, -0.1) is 0 Å². The molecule has 3 aromatic heterocycles. The monoisotopic (exact) mass is 406 g/mol. The highest BCUT2D eigenvalue weighted by Gasteiger charge is 2.33. The third-order valence-corrected chi connectivity index (χ3v) is 4.47. The number of imidazole rings is 1. The number of rotatable bonds is 4. The van der Waals surface area contributed by atoms with Gasteiger partial charge in [0.25, 0.3) is 5.78 Å². The van der Waals surface area contributed by atoms with Gasteiger partial charge >= 0.3 is 6.18 Å². The summed E-state index contributed by atoms with van der Waals surface area (Å²) in [5.41, 5.74) is 1.29.